The summed E-state index contributed by atoms with van der Waals surface area (Å²) in [5.41, 5.74) is 3.52. The van der Waals surface area contributed by atoms with E-state index in [1.54, 1.807) is 6.20 Å². The molecule has 1 N–H and O–H groups in total. The predicted molar refractivity (Wildman–Crippen MR) is 101 cm³/mol. The van der Waals surface area contributed by atoms with Crippen molar-refractivity contribution in [3.63, 3.8) is 0 Å². The molecule has 7 nitrogen and oxygen atoms in total. The van der Waals surface area contributed by atoms with Gasteiger partial charge in [-0.1, -0.05) is 12.1 Å². The summed E-state index contributed by atoms with van der Waals surface area (Å²) < 4.78 is 7.30. The van der Waals surface area contributed by atoms with Crippen molar-refractivity contribution in [1.82, 2.24) is 24.6 Å². The molecule has 0 aliphatic carbocycles. The Labute approximate surface area is 157 Å². The van der Waals surface area contributed by atoms with Gasteiger partial charge in [0.25, 0.3) is 0 Å². The molecule has 7 heteroatoms. The van der Waals surface area contributed by atoms with Crippen LogP contribution < -0.4 is 0 Å². The highest BCUT2D eigenvalue weighted by atomic mass is 16.5. The average Bonchev–Trinajstić information content (AvgIpc) is 3.37. The molecule has 1 amide bonds. The Balaban J connectivity index is 1.41. The highest BCUT2D eigenvalue weighted by Crippen LogP contribution is 2.26. The van der Waals surface area contributed by atoms with Crippen LogP contribution in [0.5, 0.6) is 0 Å². The van der Waals surface area contributed by atoms with Gasteiger partial charge in [-0.2, -0.15) is 5.10 Å². The number of ether oxygens (including phenoxy) is 1. The van der Waals surface area contributed by atoms with E-state index in [-0.39, 0.29) is 11.9 Å². The molecular weight excluding hydrogens is 342 g/mol. The zero-order valence-electron chi connectivity index (χ0n) is 15.2. The number of H-pyrrole nitrogens is 1. The lowest BCUT2D eigenvalue weighted by Gasteiger charge is -2.37. The Hall–Kier alpha value is -2.64. The van der Waals surface area contributed by atoms with E-state index in [4.69, 9.17) is 4.74 Å². The van der Waals surface area contributed by atoms with Crippen LogP contribution in [0, 0.1) is 0 Å². The van der Waals surface area contributed by atoms with E-state index in [1.165, 1.54) is 10.9 Å². The number of fused-ring (bicyclic) bond motifs is 2. The maximum absolute atomic E-state index is 13.2. The normalized spacial score (nSPS) is 20.7. The van der Waals surface area contributed by atoms with E-state index in [0.29, 0.717) is 32.8 Å². The number of rotatable bonds is 3. The summed E-state index contributed by atoms with van der Waals surface area (Å²) in [6.07, 6.45) is 3.77. The largest absolute Gasteiger partial charge is 0.378 e. The maximum atomic E-state index is 13.2. The molecule has 3 aromatic rings. The first-order chi connectivity index (χ1) is 13.3. The molecule has 1 fully saturated rings. The van der Waals surface area contributed by atoms with Gasteiger partial charge >= 0.3 is 0 Å². The molecule has 2 aliphatic heterocycles. The summed E-state index contributed by atoms with van der Waals surface area (Å²) in [7, 11) is 0. The molecule has 1 atom stereocenters. The first-order valence-corrected chi connectivity index (χ1v) is 9.46. The number of carbonyl (C=O) groups is 1. The molecule has 27 heavy (non-hydrogen) atoms. The lowest BCUT2D eigenvalue weighted by atomic mass is 10.1. The van der Waals surface area contributed by atoms with Crippen molar-refractivity contribution < 1.29 is 9.53 Å². The van der Waals surface area contributed by atoms with Crippen LogP contribution in [-0.4, -0.2) is 63.3 Å². The molecule has 0 unspecified atom stereocenters. The van der Waals surface area contributed by atoms with Gasteiger partial charge < -0.3 is 14.6 Å². The zero-order valence-corrected chi connectivity index (χ0v) is 15.2. The van der Waals surface area contributed by atoms with Gasteiger partial charge in [-0.25, -0.2) is 0 Å². The highest BCUT2D eigenvalue weighted by molar-refractivity contribution is 5.83. The SMILES string of the molecule is O=C([C@@H]1CN(Cc2cccc3[nH]ccc23)Cc2ccnn21)N1CCOCC1. The number of aromatic nitrogens is 3. The molecule has 0 saturated carbocycles. The number of carbonyl (C=O) groups excluding carboxylic acids is 1. The third-order valence-electron chi connectivity index (χ3n) is 5.55. The van der Waals surface area contributed by atoms with E-state index in [0.717, 1.165) is 24.3 Å². The molecule has 2 aliphatic rings. The van der Waals surface area contributed by atoms with E-state index >= 15 is 0 Å². The standard InChI is InChI=1S/C20H23N5O2/c26-20(24-8-10-27-11-9-24)19-14-23(13-16-4-7-22-25(16)19)12-15-2-1-3-18-17(15)5-6-21-18/h1-7,19,21H,8-14H2/t19-/m0/s1. The second-order valence-electron chi connectivity index (χ2n) is 7.25. The molecule has 2 aromatic heterocycles. The Morgan fingerprint density at radius 2 is 2.11 bits per heavy atom. The first kappa shape index (κ1) is 16.5. The quantitative estimate of drug-likeness (QED) is 0.768. The predicted octanol–water partition coefficient (Wildman–Crippen LogP) is 1.78. The number of hydrogen-bond donors (Lipinski definition) is 1. The van der Waals surface area contributed by atoms with Crippen LogP contribution in [0.2, 0.25) is 0 Å². The molecular formula is C20H23N5O2. The Morgan fingerprint density at radius 1 is 1.22 bits per heavy atom. The van der Waals surface area contributed by atoms with Crippen LogP contribution in [0.4, 0.5) is 0 Å². The van der Waals surface area contributed by atoms with Crippen molar-refractivity contribution in [1.29, 1.82) is 0 Å². The lowest BCUT2D eigenvalue weighted by Crippen LogP contribution is -2.49. The summed E-state index contributed by atoms with van der Waals surface area (Å²) >= 11 is 0. The number of amides is 1. The van der Waals surface area contributed by atoms with Crippen molar-refractivity contribution in [2.45, 2.75) is 19.1 Å². The summed E-state index contributed by atoms with van der Waals surface area (Å²) in [5, 5.41) is 5.69. The number of nitrogens with zero attached hydrogens (tertiary/aromatic N) is 4. The Bertz CT molecular complexity index is 956. The smallest absolute Gasteiger partial charge is 0.248 e. The van der Waals surface area contributed by atoms with E-state index in [9.17, 15) is 4.79 Å². The van der Waals surface area contributed by atoms with Gasteiger partial charge in [-0.15, -0.1) is 0 Å². The summed E-state index contributed by atoms with van der Waals surface area (Å²) in [5.74, 6) is 0.146. The first-order valence-electron chi connectivity index (χ1n) is 9.46. The Kier molecular flexibility index (Phi) is 4.18. The minimum atomic E-state index is -0.271. The lowest BCUT2D eigenvalue weighted by molar-refractivity contribution is -0.140. The number of benzene rings is 1. The van der Waals surface area contributed by atoms with E-state index in [2.05, 4.69) is 39.2 Å². The topological polar surface area (TPSA) is 66.4 Å². The van der Waals surface area contributed by atoms with Crippen LogP contribution in [-0.2, 0) is 22.6 Å². The van der Waals surface area contributed by atoms with E-state index in [1.807, 2.05) is 21.8 Å². The fourth-order valence-corrected chi connectivity index (χ4v) is 4.19. The van der Waals surface area contributed by atoms with Crippen molar-refractivity contribution >= 4 is 16.8 Å². The summed E-state index contributed by atoms with van der Waals surface area (Å²) in [4.78, 5) is 20.7. The molecule has 1 aromatic carbocycles. The van der Waals surface area contributed by atoms with Crippen molar-refractivity contribution in [3.8, 4) is 0 Å². The molecule has 1 saturated heterocycles. The minimum absolute atomic E-state index is 0.146. The van der Waals surface area contributed by atoms with Crippen molar-refractivity contribution in [2.75, 3.05) is 32.8 Å². The molecule has 5 rings (SSSR count). The van der Waals surface area contributed by atoms with Crippen LogP contribution >= 0.6 is 0 Å². The number of hydrogen-bond acceptors (Lipinski definition) is 4. The summed E-state index contributed by atoms with van der Waals surface area (Å²) in [6, 6.07) is 10.2. The van der Waals surface area contributed by atoms with Crippen molar-refractivity contribution in [2.24, 2.45) is 0 Å². The van der Waals surface area contributed by atoms with Gasteiger partial charge in [0.05, 0.1) is 18.9 Å². The van der Waals surface area contributed by atoms with Crippen LogP contribution in [0.15, 0.2) is 42.7 Å². The van der Waals surface area contributed by atoms with Gasteiger partial charge in [0.1, 0.15) is 6.04 Å². The minimum Gasteiger partial charge on any atom is -0.378 e. The zero-order chi connectivity index (χ0) is 18.2. The van der Waals surface area contributed by atoms with Gasteiger partial charge in [0, 0.05) is 56.0 Å². The second kappa shape index (κ2) is 6.83. The molecule has 4 heterocycles. The van der Waals surface area contributed by atoms with Crippen LogP contribution in [0.1, 0.15) is 17.3 Å². The molecule has 0 bridgehead atoms. The van der Waals surface area contributed by atoms with Crippen LogP contribution in [0.25, 0.3) is 10.9 Å². The summed E-state index contributed by atoms with van der Waals surface area (Å²) in [6.45, 7) is 4.84. The third-order valence-corrected chi connectivity index (χ3v) is 5.55. The van der Waals surface area contributed by atoms with Crippen molar-refractivity contribution in [3.05, 3.63) is 54.0 Å². The van der Waals surface area contributed by atoms with Gasteiger partial charge in [-0.3, -0.25) is 14.4 Å². The fourth-order valence-electron chi connectivity index (χ4n) is 4.19. The maximum Gasteiger partial charge on any atom is 0.248 e. The number of morpholine rings is 1. The Morgan fingerprint density at radius 3 is 3.00 bits per heavy atom. The van der Waals surface area contributed by atoms with Crippen LogP contribution in [0.3, 0.4) is 0 Å². The monoisotopic (exact) mass is 365 g/mol. The molecule has 0 spiro atoms. The number of nitrogens with one attached hydrogen (secondary N) is 1. The third kappa shape index (κ3) is 3.02. The number of aromatic amines is 1. The van der Waals surface area contributed by atoms with Gasteiger partial charge in [-0.05, 0) is 23.8 Å². The second-order valence-corrected chi connectivity index (χ2v) is 7.25. The molecule has 140 valence electrons. The highest BCUT2D eigenvalue weighted by Gasteiger charge is 2.34. The fraction of sp³-hybridized carbons (Fsp3) is 0.400. The molecule has 0 radical (unpaired) electrons. The van der Waals surface area contributed by atoms with Gasteiger partial charge in [0.2, 0.25) is 5.91 Å². The average molecular weight is 365 g/mol. The van der Waals surface area contributed by atoms with Gasteiger partial charge in [0.15, 0.2) is 0 Å². The van der Waals surface area contributed by atoms with E-state index < -0.39 is 0 Å².